The highest BCUT2D eigenvalue weighted by Gasteiger charge is 2.44. The van der Waals surface area contributed by atoms with E-state index in [-0.39, 0.29) is 93.5 Å². The number of β-amino-alcohol motifs (C(OH)–C–C–N with tert-alkyl or cyclic N) is 1. The zero-order chi connectivity index (χ0) is 56.1. The van der Waals surface area contributed by atoms with Gasteiger partial charge in [-0.2, -0.15) is 0 Å². The molecule has 0 radical (unpaired) electrons. The third-order valence-corrected chi connectivity index (χ3v) is 15.9. The molecule has 3 atom stereocenters. The Bertz CT molecular complexity index is 3220. The maximum absolute atomic E-state index is 14.0. The minimum atomic E-state index is -3.97. The zero-order valence-electron chi connectivity index (χ0n) is 45.2. The summed E-state index contributed by atoms with van der Waals surface area (Å²) in [5, 5.41) is 21.1. The Labute approximate surface area is 458 Å². The van der Waals surface area contributed by atoms with Crippen molar-refractivity contribution in [3.63, 3.8) is 0 Å². The number of hydrogen-bond acceptors (Lipinski definition) is 14. The molecule has 4 N–H and O–H groups in total. The monoisotopic (exact) mass is 1110 g/mol. The predicted molar refractivity (Wildman–Crippen MR) is 296 cm³/mol. The molecule has 1 aliphatic rings. The lowest BCUT2D eigenvalue weighted by molar-refractivity contribution is -0.144. The first kappa shape index (κ1) is 58.8. The first-order valence-corrected chi connectivity index (χ1v) is 28.4. The van der Waals surface area contributed by atoms with E-state index in [4.69, 9.17) is 23.7 Å². The summed E-state index contributed by atoms with van der Waals surface area (Å²) in [4.78, 5) is 68.7. The number of ether oxygens (including phenoxy) is 5. The maximum atomic E-state index is 14.0. The standard InChI is InChI=1S/C57H70N6O13S2/c1-8-22-75-43-10-9-11-44(31-43)76-49-32-47-46(61(6)56(69)62(47)7)29-41(49)36-78(70,71)45-18-16-40(17-19-45)53(66)58-21-23-72-24-25-73-26-27-74-35-50(65)60-52(57(3,4)5)55(68)63-34-42(64)30-48(63)54(67)59-33-38-12-14-39(15-13-38)51-37(2)20-28-77-51/h9-20,28-29,31-32,42,48,52,64H,8,21-27,30,33-36H2,1-7H3,(H,58,66)(H,59,67)(H,60,65)/t42-,48+,52-/m1/s1. The fourth-order valence-electron chi connectivity index (χ4n) is 8.87. The number of aliphatic hydroxyl groups excluding tert-OH is 1. The number of hydrogen-bond donors (Lipinski definition) is 4. The molecule has 7 rings (SSSR count). The van der Waals surface area contributed by atoms with Crippen LogP contribution < -0.4 is 31.1 Å². The summed E-state index contributed by atoms with van der Waals surface area (Å²) in [5.41, 5.74) is 3.86. The van der Waals surface area contributed by atoms with Gasteiger partial charge in [0.1, 0.15) is 35.9 Å². The Kier molecular flexibility index (Phi) is 20.1. The Hall–Kier alpha value is -6.88. The van der Waals surface area contributed by atoms with Crippen LogP contribution in [0.2, 0.25) is 0 Å². The molecule has 3 heterocycles. The lowest BCUT2D eigenvalue weighted by Crippen LogP contribution is -2.58. The Morgan fingerprint density at radius 2 is 1.49 bits per heavy atom. The lowest BCUT2D eigenvalue weighted by atomic mass is 9.85. The molecule has 19 nitrogen and oxygen atoms in total. The van der Waals surface area contributed by atoms with Crippen LogP contribution in [0.1, 0.15) is 67.6 Å². The molecule has 1 saturated heterocycles. The summed E-state index contributed by atoms with van der Waals surface area (Å²) in [7, 11) is -0.719. The molecular formula is C57H70N6O13S2. The van der Waals surface area contributed by atoms with Gasteiger partial charge < -0.3 is 49.6 Å². The van der Waals surface area contributed by atoms with Gasteiger partial charge in [0.05, 0.1) is 67.4 Å². The van der Waals surface area contributed by atoms with Gasteiger partial charge in [0.25, 0.3) is 5.91 Å². The van der Waals surface area contributed by atoms with Crippen LogP contribution in [-0.2, 0) is 64.8 Å². The van der Waals surface area contributed by atoms with E-state index < -0.39 is 56.9 Å². The van der Waals surface area contributed by atoms with Gasteiger partial charge in [-0.3, -0.25) is 28.3 Å². The van der Waals surface area contributed by atoms with Crippen LogP contribution in [0.4, 0.5) is 0 Å². The molecule has 418 valence electrons. The van der Waals surface area contributed by atoms with Gasteiger partial charge in [0.2, 0.25) is 17.7 Å². The molecule has 4 amide bonds. The van der Waals surface area contributed by atoms with Gasteiger partial charge in [0.15, 0.2) is 9.84 Å². The molecule has 1 fully saturated rings. The van der Waals surface area contributed by atoms with E-state index in [1.807, 2.05) is 36.6 Å². The van der Waals surface area contributed by atoms with E-state index in [2.05, 4.69) is 28.9 Å². The molecule has 21 heteroatoms. The van der Waals surface area contributed by atoms with E-state index in [0.717, 1.165) is 17.5 Å². The quantitative estimate of drug-likeness (QED) is 0.0453. The van der Waals surface area contributed by atoms with Gasteiger partial charge in [0, 0.05) is 68.3 Å². The van der Waals surface area contributed by atoms with Crippen molar-refractivity contribution in [3.8, 4) is 27.7 Å². The predicted octanol–water partition coefficient (Wildman–Crippen LogP) is 6.06. The van der Waals surface area contributed by atoms with Crippen molar-refractivity contribution in [2.24, 2.45) is 19.5 Å². The Morgan fingerprint density at radius 1 is 0.821 bits per heavy atom. The highest BCUT2D eigenvalue weighted by Crippen LogP contribution is 2.34. The van der Waals surface area contributed by atoms with Crippen LogP contribution in [0, 0.1) is 12.3 Å². The molecule has 78 heavy (non-hydrogen) atoms. The number of imidazole rings is 1. The number of nitrogens with one attached hydrogen (secondary N) is 3. The van der Waals surface area contributed by atoms with Crippen molar-refractivity contribution in [1.82, 2.24) is 30.0 Å². The SMILES string of the molecule is CCCOc1cccc(Oc2cc3c(cc2CS(=O)(=O)c2ccc(C(=O)NCCOCCOCCOCC(=O)N[C@H](C(=O)N4C[C@H](O)C[C@H]4C(=O)NCc4ccc(-c5sccc5C)cc4)C(C)(C)C)cc2)n(C)c(=O)n3C)c1. The molecule has 4 aromatic carbocycles. The molecular weight excluding hydrogens is 1040 g/mol. The van der Waals surface area contributed by atoms with Crippen molar-refractivity contribution in [3.05, 3.63) is 129 Å². The van der Waals surface area contributed by atoms with Crippen LogP contribution in [0.15, 0.2) is 106 Å². The van der Waals surface area contributed by atoms with Crippen molar-refractivity contribution < 1.29 is 56.4 Å². The van der Waals surface area contributed by atoms with Gasteiger partial charge in [-0.15, -0.1) is 11.3 Å². The van der Waals surface area contributed by atoms with E-state index in [0.29, 0.717) is 34.7 Å². The van der Waals surface area contributed by atoms with E-state index in [9.17, 15) is 37.5 Å². The topological polar surface area (TPSA) is 235 Å². The maximum Gasteiger partial charge on any atom is 0.328 e. The van der Waals surface area contributed by atoms with Crippen molar-refractivity contribution in [1.29, 1.82) is 0 Å². The number of carbonyl (C=O) groups excluding carboxylic acids is 4. The average Bonchev–Trinajstić information content (AvgIpc) is 4.14. The Balaban J connectivity index is 0.794. The van der Waals surface area contributed by atoms with E-state index in [1.165, 1.54) is 48.7 Å². The molecule has 1 aliphatic heterocycles. The van der Waals surface area contributed by atoms with E-state index >= 15 is 0 Å². The molecule has 0 spiro atoms. The number of likely N-dealkylation sites (tertiary alicyclic amines) is 1. The summed E-state index contributed by atoms with van der Waals surface area (Å²) < 4.78 is 59.3. The van der Waals surface area contributed by atoms with E-state index in [1.54, 1.807) is 82.6 Å². The van der Waals surface area contributed by atoms with Crippen LogP contribution in [0.3, 0.4) is 0 Å². The van der Waals surface area contributed by atoms with Gasteiger partial charge in [-0.05, 0) is 89.4 Å². The highest BCUT2D eigenvalue weighted by molar-refractivity contribution is 7.90. The van der Waals surface area contributed by atoms with Crippen molar-refractivity contribution >= 4 is 55.8 Å². The number of benzene rings is 4. The lowest BCUT2D eigenvalue weighted by Gasteiger charge is -2.35. The number of nitrogens with zero attached hydrogens (tertiary/aromatic N) is 3. The zero-order valence-corrected chi connectivity index (χ0v) is 46.8. The van der Waals surface area contributed by atoms with Crippen molar-refractivity contribution in [2.75, 3.05) is 59.3 Å². The number of aromatic nitrogens is 2. The van der Waals surface area contributed by atoms with Gasteiger partial charge in [-0.1, -0.05) is 58.0 Å². The fourth-order valence-corrected chi connectivity index (χ4v) is 11.2. The van der Waals surface area contributed by atoms with Crippen LogP contribution in [0.25, 0.3) is 21.5 Å². The number of fused-ring (bicyclic) bond motifs is 1. The van der Waals surface area contributed by atoms with Gasteiger partial charge in [-0.25, -0.2) is 13.2 Å². The van der Waals surface area contributed by atoms with Gasteiger partial charge >= 0.3 is 5.69 Å². The summed E-state index contributed by atoms with van der Waals surface area (Å²) in [6.45, 7) is 10.9. The number of rotatable bonds is 26. The fraction of sp³-hybridized carbons (Fsp3) is 0.421. The smallest absolute Gasteiger partial charge is 0.328 e. The summed E-state index contributed by atoms with van der Waals surface area (Å²) >= 11 is 1.67. The third kappa shape index (κ3) is 15.2. The molecule has 6 aromatic rings. The number of thiophene rings is 1. The second-order valence-electron chi connectivity index (χ2n) is 20.2. The third-order valence-electron chi connectivity index (χ3n) is 13.1. The number of carbonyl (C=O) groups is 4. The summed E-state index contributed by atoms with van der Waals surface area (Å²) in [6.07, 6.45) is -0.00128. The van der Waals surface area contributed by atoms with Crippen LogP contribution in [-0.4, -0.2) is 129 Å². The number of amides is 4. The molecule has 0 unspecified atom stereocenters. The molecule has 2 aromatic heterocycles. The van der Waals surface area contributed by atoms with Crippen LogP contribution in [0.5, 0.6) is 17.2 Å². The first-order chi connectivity index (χ1) is 37.2. The number of aliphatic hydroxyl groups is 1. The molecule has 0 aliphatic carbocycles. The minimum Gasteiger partial charge on any atom is -0.493 e. The number of aryl methyl sites for hydroxylation is 3. The molecule has 0 saturated carbocycles. The minimum absolute atomic E-state index is 0.00393. The van der Waals surface area contributed by atoms with Crippen molar-refractivity contribution in [2.45, 2.75) is 82.8 Å². The largest absolute Gasteiger partial charge is 0.493 e. The number of sulfone groups is 1. The summed E-state index contributed by atoms with van der Waals surface area (Å²) in [6, 6.07) is 24.0. The first-order valence-electron chi connectivity index (χ1n) is 25.9. The van der Waals surface area contributed by atoms with Crippen LogP contribution >= 0.6 is 11.3 Å². The Morgan fingerprint density at radius 3 is 2.15 bits per heavy atom. The molecule has 0 bridgehead atoms. The average molecular weight is 1110 g/mol. The normalized spacial score (nSPS) is 15.1. The summed E-state index contributed by atoms with van der Waals surface area (Å²) in [5.74, 6) is -0.965. The second-order valence-corrected chi connectivity index (χ2v) is 23.1. The second kappa shape index (κ2) is 26.6. The highest BCUT2D eigenvalue weighted by atomic mass is 32.2.